The zero-order valence-corrected chi connectivity index (χ0v) is 30.3. The Labute approximate surface area is 300 Å². The largest absolute Gasteiger partial charge is 0.459 e. The Kier molecular flexibility index (Phi) is 8.77. The van der Waals surface area contributed by atoms with Gasteiger partial charge in [0.15, 0.2) is 35.7 Å². The summed E-state index contributed by atoms with van der Waals surface area (Å²) in [6.07, 6.45) is -3.19. The van der Waals surface area contributed by atoms with Gasteiger partial charge in [-0.15, -0.1) is 0 Å². The highest BCUT2D eigenvalue weighted by molar-refractivity contribution is 6.01. The summed E-state index contributed by atoms with van der Waals surface area (Å²) in [5.74, 6) is -5.04. The van der Waals surface area contributed by atoms with Gasteiger partial charge < -0.3 is 56.8 Å². The van der Waals surface area contributed by atoms with E-state index in [9.17, 15) is 9.59 Å². The Morgan fingerprint density at radius 1 is 0.538 bits per heavy atom. The highest BCUT2D eigenvalue weighted by Crippen LogP contribution is 2.46. The van der Waals surface area contributed by atoms with Crippen LogP contribution in [0.4, 0.5) is 0 Å². The zero-order valence-electron chi connectivity index (χ0n) is 30.3. The van der Waals surface area contributed by atoms with Gasteiger partial charge in [-0.1, -0.05) is 0 Å². The van der Waals surface area contributed by atoms with E-state index in [1.807, 2.05) is 0 Å². The van der Waals surface area contributed by atoms with Crippen LogP contribution in [0.3, 0.4) is 0 Å². The van der Waals surface area contributed by atoms with Crippen molar-refractivity contribution in [1.29, 1.82) is 0 Å². The number of fused-ring (bicyclic) bond motifs is 6. The van der Waals surface area contributed by atoms with Crippen molar-refractivity contribution in [2.45, 2.75) is 140 Å². The van der Waals surface area contributed by atoms with Crippen LogP contribution in [-0.2, 0) is 56.8 Å². The number of pyridine rings is 2. The van der Waals surface area contributed by atoms with Crippen LogP contribution in [0, 0.1) is 0 Å². The van der Waals surface area contributed by atoms with Crippen LogP contribution in [0.15, 0.2) is 36.7 Å². The number of ether oxygens (including phenoxy) is 12. The number of carbonyl (C=O) groups excluding carboxylic acids is 2. The summed E-state index contributed by atoms with van der Waals surface area (Å²) in [7, 11) is 0. The van der Waals surface area contributed by atoms with E-state index in [0.29, 0.717) is 0 Å². The Balaban J connectivity index is 0.970. The molecule has 6 aliphatic rings. The predicted octanol–water partition coefficient (Wildman–Crippen LogP) is 3.25. The number of rotatable bonds is 7. The predicted molar refractivity (Wildman–Crippen MR) is 173 cm³/mol. The van der Waals surface area contributed by atoms with E-state index >= 15 is 0 Å². The van der Waals surface area contributed by atoms with E-state index in [0.717, 1.165) is 0 Å². The fourth-order valence-corrected chi connectivity index (χ4v) is 7.64. The van der Waals surface area contributed by atoms with Crippen molar-refractivity contribution in [3.05, 3.63) is 47.8 Å². The summed E-state index contributed by atoms with van der Waals surface area (Å²) in [4.78, 5) is 36.2. The molecule has 6 saturated heterocycles. The summed E-state index contributed by atoms with van der Waals surface area (Å²) in [6.45, 7) is 14.0. The van der Waals surface area contributed by atoms with Crippen molar-refractivity contribution >= 4 is 11.9 Å². The second kappa shape index (κ2) is 12.7. The number of hydrogen-bond acceptors (Lipinski definition) is 16. The number of hydrogen-bond donors (Lipinski definition) is 0. The molecule has 0 bridgehead atoms. The Morgan fingerprint density at radius 2 is 0.885 bits per heavy atom. The molecule has 2 aromatic heterocycles. The average Bonchev–Trinajstić information content (AvgIpc) is 3.78. The molecule has 0 N–H and O–H groups in total. The molecule has 6 aliphatic heterocycles. The van der Waals surface area contributed by atoms with Crippen molar-refractivity contribution in [1.82, 2.24) is 9.97 Å². The smallest absolute Gasteiger partial charge is 0.340 e. The van der Waals surface area contributed by atoms with Crippen molar-refractivity contribution in [2.75, 3.05) is 13.2 Å². The molecule has 10 atom stereocenters. The first-order valence-corrected chi connectivity index (χ1v) is 17.5. The van der Waals surface area contributed by atoms with Crippen LogP contribution in [0.2, 0.25) is 0 Å². The molecular weight excluding hydrogens is 684 g/mol. The van der Waals surface area contributed by atoms with Gasteiger partial charge in [-0.3, -0.25) is 9.97 Å². The fourth-order valence-electron chi connectivity index (χ4n) is 7.64. The average molecular weight is 729 g/mol. The molecule has 8 rings (SSSR count). The maximum absolute atomic E-state index is 13.7. The minimum atomic E-state index is -0.913. The van der Waals surface area contributed by atoms with E-state index in [1.54, 1.807) is 79.7 Å². The topological polar surface area (TPSA) is 171 Å². The third-order valence-electron chi connectivity index (χ3n) is 9.54. The summed E-state index contributed by atoms with van der Waals surface area (Å²) >= 11 is 0. The first-order valence-electron chi connectivity index (χ1n) is 17.5. The normalized spacial score (nSPS) is 37.4. The molecule has 8 heterocycles. The van der Waals surface area contributed by atoms with Crippen molar-refractivity contribution < 1.29 is 66.4 Å². The minimum Gasteiger partial charge on any atom is -0.459 e. The van der Waals surface area contributed by atoms with Crippen LogP contribution < -0.4 is 0 Å². The molecule has 2 aromatic rings. The second-order valence-corrected chi connectivity index (χ2v) is 15.4. The quantitative estimate of drug-likeness (QED) is 0.380. The maximum atomic E-state index is 13.7. The molecule has 0 aromatic carbocycles. The summed E-state index contributed by atoms with van der Waals surface area (Å²) in [6, 6.07) is 6.26. The van der Waals surface area contributed by atoms with Crippen molar-refractivity contribution in [3.8, 4) is 11.4 Å². The van der Waals surface area contributed by atoms with Gasteiger partial charge in [0.1, 0.15) is 73.4 Å². The Morgan fingerprint density at radius 3 is 1.29 bits per heavy atom. The monoisotopic (exact) mass is 728 g/mol. The van der Waals surface area contributed by atoms with Gasteiger partial charge in [-0.25, -0.2) is 9.59 Å². The van der Waals surface area contributed by atoms with Crippen LogP contribution in [-0.4, -0.2) is 120 Å². The number of carbonyl (C=O) groups is 2. The molecule has 0 unspecified atom stereocenters. The van der Waals surface area contributed by atoms with Gasteiger partial charge in [0.2, 0.25) is 0 Å². The van der Waals surface area contributed by atoms with E-state index in [2.05, 4.69) is 9.97 Å². The lowest BCUT2D eigenvalue weighted by Gasteiger charge is -2.36. The third-order valence-corrected chi connectivity index (χ3v) is 9.54. The lowest BCUT2D eigenvalue weighted by Crippen LogP contribution is -2.56. The summed E-state index contributed by atoms with van der Waals surface area (Å²) in [5.41, 5.74) is 0.414. The third kappa shape index (κ3) is 6.74. The summed E-state index contributed by atoms with van der Waals surface area (Å²) in [5, 5.41) is 0. The van der Waals surface area contributed by atoms with Gasteiger partial charge in [-0.2, -0.15) is 0 Å². The molecule has 52 heavy (non-hydrogen) atoms. The van der Waals surface area contributed by atoms with Crippen LogP contribution >= 0.6 is 0 Å². The highest BCUT2D eigenvalue weighted by Gasteiger charge is 2.62. The van der Waals surface area contributed by atoms with Crippen molar-refractivity contribution in [3.63, 3.8) is 0 Å². The van der Waals surface area contributed by atoms with Crippen molar-refractivity contribution in [2.24, 2.45) is 0 Å². The molecule has 6 fully saturated rings. The molecular formula is C36H44N2O14. The number of nitrogens with zero attached hydrogens (tertiary/aromatic N) is 2. The second-order valence-electron chi connectivity index (χ2n) is 15.4. The fraction of sp³-hybridized carbons (Fsp3) is 0.667. The van der Waals surface area contributed by atoms with E-state index in [1.165, 1.54) is 12.4 Å². The molecule has 0 saturated carbocycles. The van der Waals surface area contributed by atoms with E-state index < -0.39 is 96.5 Å². The molecule has 0 radical (unpaired) electrons. The Bertz CT molecular complexity index is 1590. The number of esters is 2. The zero-order chi connectivity index (χ0) is 36.8. The lowest BCUT2D eigenvalue weighted by molar-refractivity contribution is -0.240. The van der Waals surface area contributed by atoms with E-state index in [-0.39, 0.29) is 35.7 Å². The van der Waals surface area contributed by atoms with Gasteiger partial charge >= 0.3 is 11.9 Å². The molecule has 16 nitrogen and oxygen atoms in total. The molecule has 0 amide bonds. The molecule has 282 valence electrons. The van der Waals surface area contributed by atoms with Gasteiger partial charge in [0, 0.05) is 12.4 Å². The maximum Gasteiger partial charge on any atom is 0.340 e. The van der Waals surface area contributed by atoms with Gasteiger partial charge in [0.05, 0.1) is 11.1 Å². The SMILES string of the molecule is CC1(C)O[C@H]2[C@@H](O1)[C@@H](COC(=O)c1cccnc1-c1ncccc1C(=O)OC[C@H]1O[C@@H]3OC(C)(C)O[C@@H]3[C@H]3OC(C)(C)O[C@H]31)O[C@@H]1OC(C)(C)O[C@@H]12. The lowest BCUT2D eigenvalue weighted by atomic mass is 9.99. The molecule has 0 aliphatic carbocycles. The Hall–Kier alpha value is -3.16. The van der Waals surface area contributed by atoms with Crippen LogP contribution in [0.1, 0.15) is 76.1 Å². The first kappa shape index (κ1) is 35.8. The van der Waals surface area contributed by atoms with E-state index in [4.69, 9.17) is 56.8 Å². The molecule has 16 heteroatoms. The van der Waals surface area contributed by atoms with Crippen LogP contribution in [0.5, 0.6) is 0 Å². The van der Waals surface area contributed by atoms with Crippen LogP contribution in [0.25, 0.3) is 11.4 Å². The highest BCUT2D eigenvalue weighted by atomic mass is 16.9. The number of aromatic nitrogens is 2. The standard InChI is InChI=1S/C36H44N2O14/c1-33(2)45-23-19(43-31-27(25(23)47-33)49-35(5,6)51-31)15-41-29(39)17-11-9-13-37-21(17)22-18(12-10-14-38-22)30(40)42-16-20-24-26(48-34(3,4)46-24)28-32(44-20)52-36(7,8)50-28/h9-14,19-20,23-28,31-32H,15-16H2,1-8H3/t19-,20-,23+,24+,25+,26+,27-,28-,31-,32-/m1/s1. The first-order chi connectivity index (χ1) is 24.5. The van der Waals surface area contributed by atoms with Gasteiger partial charge in [-0.05, 0) is 79.7 Å². The summed E-state index contributed by atoms with van der Waals surface area (Å²) < 4.78 is 72.7. The minimum absolute atomic E-state index is 0.0789. The molecule has 0 spiro atoms. The van der Waals surface area contributed by atoms with Gasteiger partial charge in [0.25, 0.3) is 0 Å².